The summed E-state index contributed by atoms with van der Waals surface area (Å²) >= 11 is 0. The van der Waals surface area contributed by atoms with E-state index in [1.165, 1.54) is 6.42 Å². The summed E-state index contributed by atoms with van der Waals surface area (Å²) in [7, 11) is 0. The van der Waals surface area contributed by atoms with Gasteiger partial charge in [-0.05, 0) is 32.1 Å². The van der Waals surface area contributed by atoms with E-state index in [-0.39, 0.29) is 5.60 Å². The predicted molar refractivity (Wildman–Crippen MR) is 42.3 cm³/mol. The third-order valence-electron chi connectivity index (χ3n) is 3.14. The molecule has 1 heterocycles. The minimum atomic E-state index is -0.333. The average Bonchev–Trinajstić information content (AvgIpc) is 2.02. The molecule has 0 aromatic rings. The lowest BCUT2D eigenvalue weighted by Gasteiger charge is -2.44. The molecule has 1 unspecified atom stereocenters. The summed E-state index contributed by atoms with van der Waals surface area (Å²) in [6.45, 7) is 1.68. The first-order valence-corrected chi connectivity index (χ1v) is 4.61. The smallest absolute Gasteiger partial charge is 0.0697 e. The van der Waals surface area contributed by atoms with Gasteiger partial charge in [0.1, 0.15) is 0 Å². The maximum Gasteiger partial charge on any atom is 0.0697 e. The van der Waals surface area contributed by atoms with E-state index in [0.717, 1.165) is 38.9 Å². The van der Waals surface area contributed by atoms with Crippen LogP contribution in [0.3, 0.4) is 0 Å². The molecule has 0 aromatic carbocycles. The molecule has 1 saturated heterocycles. The summed E-state index contributed by atoms with van der Waals surface area (Å²) in [5, 5.41) is 9.95. The van der Waals surface area contributed by atoms with Crippen LogP contribution >= 0.6 is 0 Å². The van der Waals surface area contributed by atoms with Gasteiger partial charge < -0.3 is 9.84 Å². The molecule has 1 atom stereocenters. The Labute approximate surface area is 67.6 Å². The van der Waals surface area contributed by atoms with Crippen LogP contribution in [-0.2, 0) is 4.74 Å². The van der Waals surface area contributed by atoms with Crippen molar-refractivity contribution in [3.63, 3.8) is 0 Å². The van der Waals surface area contributed by atoms with E-state index in [9.17, 15) is 5.11 Å². The highest BCUT2D eigenvalue weighted by Crippen LogP contribution is 2.41. The van der Waals surface area contributed by atoms with Gasteiger partial charge >= 0.3 is 0 Å². The lowest BCUT2D eigenvalue weighted by molar-refractivity contribution is -0.124. The highest BCUT2D eigenvalue weighted by molar-refractivity contribution is 4.94. The van der Waals surface area contributed by atoms with E-state index in [0.29, 0.717) is 5.92 Å². The highest BCUT2D eigenvalue weighted by atomic mass is 16.5. The molecule has 2 nitrogen and oxygen atoms in total. The molecule has 64 valence electrons. The second-order valence-corrected chi connectivity index (χ2v) is 3.87. The quantitative estimate of drug-likeness (QED) is 0.620. The number of ether oxygens (including phenoxy) is 1. The number of hydrogen-bond acceptors (Lipinski definition) is 2. The van der Waals surface area contributed by atoms with Gasteiger partial charge in [0.05, 0.1) is 12.2 Å². The zero-order valence-corrected chi connectivity index (χ0v) is 6.88. The van der Waals surface area contributed by atoms with Gasteiger partial charge in [0.2, 0.25) is 0 Å². The lowest BCUT2D eigenvalue weighted by atomic mass is 9.69. The maximum atomic E-state index is 9.95. The zero-order chi connectivity index (χ0) is 7.73. The average molecular weight is 156 g/mol. The monoisotopic (exact) mass is 156 g/mol. The van der Waals surface area contributed by atoms with Crippen molar-refractivity contribution in [2.75, 3.05) is 13.2 Å². The summed E-state index contributed by atoms with van der Waals surface area (Å²) < 4.78 is 5.34. The summed E-state index contributed by atoms with van der Waals surface area (Å²) in [6.07, 6.45) is 5.50. The van der Waals surface area contributed by atoms with Gasteiger partial charge in [0, 0.05) is 12.5 Å². The van der Waals surface area contributed by atoms with Crippen molar-refractivity contribution in [2.45, 2.75) is 37.7 Å². The SMILES string of the molecule is OC1(C2CCCOC2)CCC1. The number of hydrogen-bond donors (Lipinski definition) is 1. The molecule has 1 aliphatic heterocycles. The fourth-order valence-electron chi connectivity index (χ4n) is 2.11. The standard InChI is InChI=1S/C9H16O2/c10-9(4-2-5-9)8-3-1-6-11-7-8/h8,10H,1-7H2. The third-order valence-corrected chi connectivity index (χ3v) is 3.14. The van der Waals surface area contributed by atoms with Crippen molar-refractivity contribution in [1.29, 1.82) is 0 Å². The first kappa shape index (κ1) is 7.56. The van der Waals surface area contributed by atoms with E-state index in [4.69, 9.17) is 4.74 Å². The molecule has 2 aliphatic rings. The van der Waals surface area contributed by atoms with Gasteiger partial charge in [-0.15, -0.1) is 0 Å². The molecule has 0 radical (unpaired) electrons. The van der Waals surface area contributed by atoms with Gasteiger partial charge in [0.25, 0.3) is 0 Å². The molecule has 11 heavy (non-hydrogen) atoms. The van der Waals surface area contributed by atoms with Crippen molar-refractivity contribution in [2.24, 2.45) is 5.92 Å². The van der Waals surface area contributed by atoms with Crippen molar-refractivity contribution >= 4 is 0 Å². The van der Waals surface area contributed by atoms with E-state index >= 15 is 0 Å². The highest BCUT2D eigenvalue weighted by Gasteiger charge is 2.42. The fraction of sp³-hybridized carbons (Fsp3) is 1.00. The van der Waals surface area contributed by atoms with Crippen LogP contribution in [0.2, 0.25) is 0 Å². The molecular weight excluding hydrogens is 140 g/mol. The Morgan fingerprint density at radius 2 is 2.09 bits per heavy atom. The number of rotatable bonds is 1. The molecule has 0 aromatic heterocycles. The number of aliphatic hydroxyl groups is 1. The normalized spacial score (nSPS) is 36.3. The second-order valence-electron chi connectivity index (χ2n) is 3.87. The molecule has 2 heteroatoms. The van der Waals surface area contributed by atoms with Crippen LogP contribution in [-0.4, -0.2) is 23.9 Å². The van der Waals surface area contributed by atoms with Gasteiger partial charge in [0.15, 0.2) is 0 Å². The third kappa shape index (κ3) is 1.30. The second kappa shape index (κ2) is 2.76. The topological polar surface area (TPSA) is 29.5 Å². The van der Waals surface area contributed by atoms with E-state index < -0.39 is 0 Å². The Kier molecular flexibility index (Phi) is 1.90. The maximum absolute atomic E-state index is 9.95. The largest absolute Gasteiger partial charge is 0.390 e. The van der Waals surface area contributed by atoms with Gasteiger partial charge in [-0.3, -0.25) is 0 Å². The Morgan fingerprint density at radius 1 is 1.27 bits per heavy atom. The Morgan fingerprint density at radius 3 is 2.55 bits per heavy atom. The molecule has 0 spiro atoms. The molecule has 0 amide bonds. The summed E-state index contributed by atoms with van der Waals surface area (Å²) in [5.41, 5.74) is -0.333. The van der Waals surface area contributed by atoms with Crippen LogP contribution in [0.15, 0.2) is 0 Å². The summed E-state index contributed by atoms with van der Waals surface area (Å²) in [5.74, 6) is 0.435. The van der Waals surface area contributed by atoms with Crippen LogP contribution in [0.1, 0.15) is 32.1 Å². The summed E-state index contributed by atoms with van der Waals surface area (Å²) in [4.78, 5) is 0. The summed E-state index contributed by atoms with van der Waals surface area (Å²) in [6, 6.07) is 0. The predicted octanol–water partition coefficient (Wildman–Crippen LogP) is 1.33. The van der Waals surface area contributed by atoms with E-state index in [2.05, 4.69) is 0 Å². The molecule has 1 N–H and O–H groups in total. The lowest BCUT2D eigenvalue weighted by Crippen LogP contribution is -2.47. The van der Waals surface area contributed by atoms with Crippen molar-refractivity contribution in [1.82, 2.24) is 0 Å². The van der Waals surface area contributed by atoms with Gasteiger partial charge in [-0.2, -0.15) is 0 Å². The van der Waals surface area contributed by atoms with Crippen LogP contribution in [0.25, 0.3) is 0 Å². The minimum Gasteiger partial charge on any atom is -0.390 e. The Balaban J connectivity index is 1.91. The van der Waals surface area contributed by atoms with E-state index in [1.807, 2.05) is 0 Å². The van der Waals surface area contributed by atoms with Crippen molar-refractivity contribution < 1.29 is 9.84 Å². The fourth-order valence-corrected chi connectivity index (χ4v) is 2.11. The Bertz CT molecular complexity index is 134. The zero-order valence-electron chi connectivity index (χ0n) is 6.88. The van der Waals surface area contributed by atoms with Crippen LogP contribution < -0.4 is 0 Å². The first-order chi connectivity index (χ1) is 5.31. The molecule has 1 aliphatic carbocycles. The molecule has 0 bridgehead atoms. The van der Waals surface area contributed by atoms with Crippen molar-refractivity contribution in [3.05, 3.63) is 0 Å². The van der Waals surface area contributed by atoms with Crippen LogP contribution in [0.5, 0.6) is 0 Å². The van der Waals surface area contributed by atoms with Gasteiger partial charge in [-0.1, -0.05) is 0 Å². The van der Waals surface area contributed by atoms with Crippen molar-refractivity contribution in [3.8, 4) is 0 Å². The molecule has 1 saturated carbocycles. The van der Waals surface area contributed by atoms with Gasteiger partial charge in [-0.25, -0.2) is 0 Å². The molecule has 2 fully saturated rings. The first-order valence-electron chi connectivity index (χ1n) is 4.61. The molecular formula is C9H16O2. The van der Waals surface area contributed by atoms with Crippen LogP contribution in [0.4, 0.5) is 0 Å². The molecule has 2 rings (SSSR count). The minimum absolute atomic E-state index is 0.333. The van der Waals surface area contributed by atoms with Crippen LogP contribution in [0, 0.1) is 5.92 Å². The Hall–Kier alpha value is -0.0800. The van der Waals surface area contributed by atoms with E-state index in [1.54, 1.807) is 0 Å².